The van der Waals surface area contributed by atoms with Gasteiger partial charge < -0.3 is 25.0 Å². The number of amides is 1. The maximum Gasteiger partial charge on any atom is 0.231 e. The van der Waals surface area contributed by atoms with Crippen LogP contribution in [0.2, 0.25) is 0 Å². The summed E-state index contributed by atoms with van der Waals surface area (Å²) in [5.74, 6) is 1.46. The summed E-state index contributed by atoms with van der Waals surface area (Å²) in [5.41, 5.74) is 7.07. The Morgan fingerprint density at radius 2 is 1.76 bits per heavy atom. The number of aromatic hydroxyl groups is 2. The molecule has 0 aromatic heterocycles. The van der Waals surface area contributed by atoms with Crippen molar-refractivity contribution >= 4 is 5.91 Å². The Labute approximate surface area is 299 Å². The normalized spacial score (nSPS) is 24.5. The van der Waals surface area contributed by atoms with E-state index >= 15 is 0 Å². The molecule has 0 aliphatic carbocycles. The summed E-state index contributed by atoms with van der Waals surface area (Å²) in [6.07, 6.45) is 2.03. The third kappa shape index (κ3) is 5.11. The fourth-order valence-corrected chi connectivity index (χ4v) is 8.11. The van der Waals surface area contributed by atoms with Crippen molar-refractivity contribution in [1.29, 1.82) is 5.26 Å². The van der Waals surface area contributed by atoms with Crippen LogP contribution in [0.25, 0.3) is 0 Å². The Morgan fingerprint density at radius 3 is 2.49 bits per heavy atom. The van der Waals surface area contributed by atoms with E-state index in [4.69, 9.17) is 9.47 Å². The number of piperazine rings is 1. The van der Waals surface area contributed by atoms with E-state index in [0.717, 1.165) is 38.9 Å². The second-order valence-electron chi connectivity index (χ2n) is 12.7. The average molecular weight is 822 g/mol. The minimum absolute atomic E-state index is 0. The Bertz CT molecular complexity index is 1710. The number of hydrogen-bond acceptors (Lipinski definition) is 8. The second kappa shape index (κ2) is 12.4. The average Bonchev–Trinajstić information content (AvgIpc) is 3.51. The number of nitrogens with zero attached hydrogens (tertiary/aromatic N) is 3. The molecule has 0 saturated carbocycles. The molecule has 5 atom stereocenters. The first-order valence-electron chi connectivity index (χ1n) is 15.4. The number of carbonyl (C=O) groups is 1. The standard InChI is InChI=1S/C35H38N4O5.Ac/c1-18-12-22-13-24-26(15-36)39-25(31(38(24)4)29(22)33(42)19(18)2)14-23-30(35-34(43-17-44-35)20(3)32(23)41)27(39)16-37-28(40)11-10-21-8-6-5-7-9-21;/h5-9,12,24-27,31,41-42H,10-11,13-14,16-17H2,1-4H3,(H,37,40);/t24-,25?,26-,27-,31-;/m0./s1. The molecule has 231 valence electrons. The molecule has 4 aliphatic rings. The zero-order valence-electron chi connectivity index (χ0n) is 26.1. The van der Waals surface area contributed by atoms with Crippen LogP contribution in [-0.4, -0.2) is 64.4 Å². The predicted octanol–water partition coefficient (Wildman–Crippen LogP) is 4.27. The molecule has 4 aliphatic heterocycles. The van der Waals surface area contributed by atoms with Crippen LogP contribution < -0.4 is 14.8 Å². The van der Waals surface area contributed by atoms with Crippen LogP contribution in [-0.2, 0) is 24.1 Å². The van der Waals surface area contributed by atoms with Crippen LogP contribution in [0, 0.1) is 76.2 Å². The van der Waals surface area contributed by atoms with Crippen LogP contribution in [0.3, 0.4) is 0 Å². The van der Waals surface area contributed by atoms with E-state index < -0.39 is 12.1 Å². The molecule has 1 unspecified atom stereocenters. The zero-order valence-corrected chi connectivity index (χ0v) is 30.9. The minimum Gasteiger partial charge on any atom is -0.507 e. The van der Waals surface area contributed by atoms with Crippen LogP contribution in [0.15, 0.2) is 36.4 Å². The van der Waals surface area contributed by atoms with Gasteiger partial charge in [0, 0.05) is 91.4 Å². The van der Waals surface area contributed by atoms with Crippen molar-refractivity contribution in [2.24, 2.45) is 0 Å². The molecule has 1 radical (unpaired) electrons. The SMILES string of the molecule is Cc1cc2c(c(O)c1C)[C@@H]1C3Cc4c(O)c(C)c5c(c4[C@H](CNC(=O)CCc4ccccc4)N3[C@@H](C#N)[C@H](C2)N1C)OCO5.[Ac]. The van der Waals surface area contributed by atoms with Crippen LogP contribution in [0.5, 0.6) is 23.0 Å². The number of hydrogen-bond donors (Lipinski definition) is 3. The maximum absolute atomic E-state index is 13.2. The molecular formula is C35H38AcN4O5. The van der Waals surface area contributed by atoms with Gasteiger partial charge in [-0.1, -0.05) is 36.4 Å². The fourth-order valence-electron chi connectivity index (χ4n) is 8.11. The molecule has 9 nitrogen and oxygen atoms in total. The third-order valence-electron chi connectivity index (χ3n) is 10.4. The van der Waals surface area contributed by atoms with Gasteiger partial charge in [-0.05, 0) is 69.3 Å². The number of carbonyl (C=O) groups excluding carboxylic acids is 1. The van der Waals surface area contributed by atoms with Crippen molar-refractivity contribution in [2.45, 2.75) is 76.7 Å². The molecule has 1 fully saturated rings. The molecule has 1 amide bonds. The van der Waals surface area contributed by atoms with E-state index in [1.165, 1.54) is 0 Å². The summed E-state index contributed by atoms with van der Waals surface area (Å²) >= 11 is 0. The summed E-state index contributed by atoms with van der Waals surface area (Å²) in [5, 5.41) is 37.0. The van der Waals surface area contributed by atoms with Crippen molar-refractivity contribution in [3.8, 4) is 29.1 Å². The van der Waals surface area contributed by atoms with E-state index in [2.05, 4.69) is 27.3 Å². The van der Waals surface area contributed by atoms with E-state index in [9.17, 15) is 20.3 Å². The van der Waals surface area contributed by atoms with Crippen LogP contribution in [0.4, 0.5) is 0 Å². The molecule has 0 spiro atoms. The molecule has 3 aromatic rings. The summed E-state index contributed by atoms with van der Waals surface area (Å²) < 4.78 is 11.8. The quantitative estimate of drug-likeness (QED) is 0.350. The minimum atomic E-state index is -0.501. The van der Waals surface area contributed by atoms with E-state index in [0.29, 0.717) is 48.5 Å². The number of phenolic OH excluding ortho intramolecular Hbond substituents is 2. The van der Waals surface area contributed by atoms with Gasteiger partial charge in [-0.25, -0.2) is 0 Å². The number of nitriles is 1. The molecular weight excluding hydrogens is 783 g/mol. The number of benzene rings is 3. The molecule has 2 bridgehead atoms. The number of nitrogens with one attached hydrogen (secondary N) is 1. The Hall–Kier alpha value is -2.82. The number of fused-ring (bicyclic) bond motifs is 9. The van der Waals surface area contributed by atoms with Gasteiger partial charge in [-0.2, -0.15) is 5.26 Å². The van der Waals surface area contributed by atoms with Gasteiger partial charge in [0.15, 0.2) is 11.5 Å². The van der Waals surface area contributed by atoms with Crippen molar-refractivity contribution < 1.29 is 68.5 Å². The van der Waals surface area contributed by atoms with Gasteiger partial charge in [0.25, 0.3) is 0 Å². The number of aryl methyl sites for hydroxylation is 2. The summed E-state index contributed by atoms with van der Waals surface area (Å²) in [4.78, 5) is 17.7. The van der Waals surface area contributed by atoms with Gasteiger partial charge in [0.1, 0.15) is 17.5 Å². The van der Waals surface area contributed by atoms with Crippen molar-refractivity contribution in [3.05, 3.63) is 80.9 Å². The van der Waals surface area contributed by atoms with Crippen LogP contribution in [0.1, 0.15) is 63.0 Å². The molecule has 1 saturated heterocycles. The summed E-state index contributed by atoms with van der Waals surface area (Å²) in [6, 6.07) is 13.1. The first kappa shape index (κ1) is 32.1. The molecule has 4 heterocycles. The topological polar surface area (TPSA) is 118 Å². The van der Waals surface area contributed by atoms with Crippen molar-refractivity contribution in [2.75, 3.05) is 20.4 Å². The maximum atomic E-state index is 13.2. The smallest absolute Gasteiger partial charge is 0.231 e. The molecule has 3 aromatic carbocycles. The molecule has 3 N–H and O–H groups in total. The van der Waals surface area contributed by atoms with E-state index in [1.807, 2.05) is 58.2 Å². The largest absolute Gasteiger partial charge is 0.507 e. The fraction of sp³-hybridized carbons (Fsp3) is 0.429. The van der Waals surface area contributed by atoms with E-state index in [-0.39, 0.29) is 87.2 Å². The number of rotatable bonds is 5. The number of ether oxygens (including phenoxy) is 2. The monoisotopic (exact) mass is 821 g/mol. The first-order valence-corrected chi connectivity index (χ1v) is 15.4. The second-order valence-corrected chi connectivity index (χ2v) is 12.7. The van der Waals surface area contributed by atoms with Crippen molar-refractivity contribution in [1.82, 2.24) is 15.1 Å². The van der Waals surface area contributed by atoms with E-state index in [1.54, 1.807) is 0 Å². The van der Waals surface area contributed by atoms with Gasteiger partial charge in [-0.15, -0.1) is 0 Å². The Morgan fingerprint density at radius 1 is 1.02 bits per heavy atom. The third-order valence-corrected chi connectivity index (χ3v) is 10.4. The summed E-state index contributed by atoms with van der Waals surface area (Å²) in [7, 11) is 2.04. The van der Waals surface area contributed by atoms with Gasteiger partial charge in [-0.3, -0.25) is 14.6 Å². The van der Waals surface area contributed by atoms with Gasteiger partial charge in [0.2, 0.25) is 12.7 Å². The number of likely N-dealkylation sites (N-methyl/N-ethyl adjacent to an activating group) is 1. The first-order chi connectivity index (χ1) is 21.2. The molecule has 45 heavy (non-hydrogen) atoms. The number of phenols is 2. The summed E-state index contributed by atoms with van der Waals surface area (Å²) in [6.45, 7) is 6.05. The Kier molecular flexibility index (Phi) is 8.87. The molecule has 10 heteroatoms. The predicted molar refractivity (Wildman–Crippen MR) is 164 cm³/mol. The Balaban J connectivity index is 0.00000357. The van der Waals surface area contributed by atoms with Gasteiger partial charge in [0.05, 0.1) is 18.2 Å². The molecule has 7 rings (SSSR count). The van der Waals surface area contributed by atoms with Gasteiger partial charge >= 0.3 is 0 Å². The van der Waals surface area contributed by atoms with Crippen molar-refractivity contribution in [3.63, 3.8) is 0 Å². The zero-order chi connectivity index (χ0) is 30.9. The van der Waals surface area contributed by atoms with Crippen LogP contribution >= 0.6 is 0 Å².